The lowest BCUT2D eigenvalue weighted by Crippen LogP contribution is -2.16. The Bertz CT molecular complexity index is 235. The highest BCUT2D eigenvalue weighted by molar-refractivity contribution is 5.76. The summed E-state index contributed by atoms with van der Waals surface area (Å²) in [6, 6.07) is 0. The molecule has 6 heteroatoms. The fraction of sp³-hybridized carbons (Fsp3) is 0.286. The second-order valence-corrected chi connectivity index (χ2v) is 2.02. The van der Waals surface area contributed by atoms with Gasteiger partial charge in [-0.15, -0.1) is 0 Å². The van der Waals surface area contributed by atoms with Gasteiger partial charge in [-0.1, -0.05) is 0 Å². The lowest BCUT2D eigenvalue weighted by atomic mass is 10.6. The van der Waals surface area contributed by atoms with E-state index in [1.54, 1.807) is 0 Å². The van der Waals surface area contributed by atoms with E-state index in [-0.39, 0.29) is 13.1 Å². The Morgan fingerprint density at radius 1 is 1.31 bits per heavy atom. The highest BCUT2D eigenvalue weighted by atomic mass is 16.4. The normalized spacial score (nSPS) is 10.8. The van der Waals surface area contributed by atoms with E-state index in [2.05, 4.69) is 10.3 Å². The van der Waals surface area contributed by atoms with Gasteiger partial charge in [0.05, 0.1) is 0 Å². The van der Waals surface area contributed by atoms with E-state index in [0.717, 1.165) is 0 Å². The molecule has 13 heavy (non-hydrogen) atoms. The van der Waals surface area contributed by atoms with Gasteiger partial charge >= 0.3 is 11.9 Å². The van der Waals surface area contributed by atoms with Gasteiger partial charge in [0.1, 0.15) is 13.1 Å². The summed E-state index contributed by atoms with van der Waals surface area (Å²) in [5.74, 6) is -1.98. The Labute approximate surface area is 74.6 Å². The highest BCUT2D eigenvalue weighted by Crippen LogP contribution is 1.70. The molecule has 0 aromatic carbocycles. The van der Waals surface area contributed by atoms with E-state index in [0.29, 0.717) is 0 Å². The molecule has 0 aromatic heterocycles. The van der Waals surface area contributed by atoms with Gasteiger partial charge in [0.2, 0.25) is 0 Å². The molecule has 0 saturated carbocycles. The van der Waals surface area contributed by atoms with Gasteiger partial charge in [-0.05, 0) is 12.3 Å². The smallest absolute Gasteiger partial charge is 0.325 e. The van der Waals surface area contributed by atoms with Crippen LogP contribution >= 0.6 is 0 Å². The zero-order valence-electron chi connectivity index (χ0n) is 6.80. The number of nitrogens with zero attached hydrogens (tertiary/aromatic N) is 1. The van der Waals surface area contributed by atoms with Crippen molar-refractivity contribution in [3.05, 3.63) is 12.3 Å². The molecule has 0 spiro atoms. The van der Waals surface area contributed by atoms with Crippen LogP contribution in [-0.4, -0.2) is 41.5 Å². The molecule has 0 amide bonds. The fourth-order valence-corrected chi connectivity index (χ4v) is 0.449. The molecule has 0 heterocycles. The second kappa shape index (κ2) is 6.84. The Kier molecular flexibility index (Phi) is 5.86. The summed E-state index contributed by atoms with van der Waals surface area (Å²) in [6.45, 7) is -0.466. The van der Waals surface area contributed by atoms with Crippen molar-refractivity contribution in [1.29, 1.82) is 0 Å². The van der Waals surface area contributed by atoms with Crippen molar-refractivity contribution in [2.75, 3.05) is 13.1 Å². The van der Waals surface area contributed by atoms with Crippen molar-refractivity contribution in [2.24, 2.45) is 4.99 Å². The third-order valence-electron chi connectivity index (χ3n) is 0.885. The Hall–Kier alpha value is -1.85. The molecule has 0 fully saturated rings. The number of rotatable bonds is 6. The summed E-state index contributed by atoms with van der Waals surface area (Å²) in [6.07, 6.45) is 4.08. The quantitative estimate of drug-likeness (QED) is 0.478. The molecule has 0 aliphatic heterocycles. The molecule has 6 nitrogen and oxygen atoms in total. The van der Waals surface area contributed by atoms with E-state index in [1.807, 2.05) is 0 Å². The summed E-state index contributed by atoms with van der Waals surface area (Å²) in [5.41, 5.74) is 0. The fourth-order valence-electron chi connectivity index (χ4n) is 0.449. The van der Waals surface area contributed by atoms with Gasteiger partial charge < -0.3 is 15.5 Å². The van der Waals surface area contributed by atoms with Crippen molar-refractivity contribution in [3.8, 4) is 0 Å². The molecule has 0 unspecified atom stereocenters. The zero-order valence-corrected chi connectivity index (χ0v) is 6.80. The van der Waals surface area contributed by atoms with Crippen molar-refractivity contribution in [1.82, 2.24) is 5.32 Å². The van der Waals surface area contributed by atoms with Crippen LogP contribution in [0.3, 0.4) is 0 Å². The molecule has 72 valence electrons. The van der Waals surface area contributed by atoms with Crippen LogP contribution in [0.1, 0.15) is 0 Å². The molecule has 0 aliphatic carbocycles. The molecule has 0 rings (SSSR count). The van der Waals surface area contributed by atoms with Crippen LogP contribution in [-0.2, 0) is 9.59 Å². The lowest BCUT2D eigenvalue weighted by Gasteiger charge is -1.90. The SMILES string of the molecule is O=C(O)CN=CC=CNCC(=O)O. The van der Waals surface area contributed by atoms with E-state index >= 15 is 0 Å². The second-order valence-electron chi connectivity index (χ2n) is 2.02. The lowest BCUT2D eigenvalue weighted by molar-refractivity contribution is -0.136. The number of carboxylic acid groups (broad SMARTS) is 2. The number of carboxylic acids is 2. The van der Waals surface area contributed by atoms with Gasteiger partial charge in [0.25, 0.3) is 0 Å². The Morgan fingerprint density at radius 2 is 2.00 bits per heavy atom. The molecule has 0 aromatic rings. The number of aliphatic carboxylic acids is 2. The minimum atomic E-state index is -1.01. The van der Waals surface area contributed by atoms with Crippen molar-refractivity contribution in [2.45, 2.75) is 0 Å². The van der Waals surface area contributed by atoms with Gasteiger partial charge in [0.15, 0.2) is 0 Å². The summed E-state index contributed by atoms with van der Waals surface area (Å²) in [4.78, 5) is 23.4. The zero-order chi connectivity index (χ0) is 10.1. The largest absolute Gasteiger partial charge is 0.480 e. The molecule has 0 bridgehead atoms. The molecule has 0 saturated heterocycles. The van der Waals surface area contributed by atoms with Crippen molar-refractivity contribution >= 4 is 18.2 Å². The first-order valence-electron chi connectivity index (χ1n) is 3.45. The Balaban J connectivity index is 3.45. The number of aliphatic imine (C=N–C) groups is 1. The van der Waals surface area contributed by atoms with Gasteiger partial charge in [-0.2, -0.15) is 0 Å². The average molecular weight is 186 g/mol. The number of nitrogens with one attached hydrogen (secondary N) is 1. The van der Waals surface area contributed by atoms with Crippen LogP contribution in [0.4, 0.5) is 0 Å². The third kappa shape index (κ3) is 10.2. The maximum absolute atomic E-state index is 9.97. The standard InChI is InChI=1S/C7H10N2O4/c10-6(11)4-8-2-1-3-9-5-7(12)13/h1-3,8H,4-5H2,(H,10,11)(H,12,13). The molecule has 0 radical (unpaired) electrons. The van der Waals surface area contributed by atoms with E-state index < -0.39 is 11.9 Å². The number of hydrogen-bond acceptors (Lipinski definition) is 4. The van der Waals surface area contributed by atoms with Crippen LogP contribution in [0.5, 0.6) is 0 Å². The van der Waals surface area contributed by atoms with Crippen LogP contribution in [0.15, 0.2) is 17.3 Å². The van der Waals surface area contributed by atoms with Crippen molar-refractivity contribution < 1.29 is 19.8 Å². The van der Waals surface area contributed by atoms with E-state index in [9.17, 15) is 9.59 Å². The van der Waals surface area contributed by atoms with Crippen LogP contribution < -0.4 is 5.32 Å². The highest BCUT2D eigenvalue weighted by Gasteiger charge is 1.89. The molecule has 0 atom stereocenters. The predicted octanol–water partition coefficient (Wildman–Crippen LogP) is -0.670. The average Bonchev–Trinajstić information content (AvgIpc) is 2.01. The van der Waals surface area contributed by atoms with Gasteiger partial charge in [-0.3, -0.25) is 14.6 Å². The maximum atomic E-state index is 9.97. The van der Waals surface area contributed by atoms with E-state index in [1.165, 1.54) is 18.5 Å². The van der Waals surface area contributed by atoms with Crippen LogP contribution in [0, 0.1) is 0 Å². The number of allylic oxidation sites excluding steroid dienone is 1. The molecular formula is C7H10N2O4. The molecular weight excluding hydrogens is 176 g/mol. The first-order valence-corrected chi connectivity index (χ1v) is 3.45. The minimum absolute atomic E-state index is 0.177. The van der Waals surface area contributed by atoms with Gasteiger partial charge in [0, 0.05) is 6.21 Å². The number of hydrogen-bond donors (Lipinski definition) is 3. The van der Waals surface area contributed by atoms with Crippen LogP contribution in [0.25, 0.3) is 0 Å². The maximum Gasteiger partial charge on any atom is 0.325 e. The first kappa shape index (κ1) is 11.2. The molecule has 3 N–H and O–H groups in total. The Morgan fingerprint density at radius 3 is 2.54 bits per heavy atom. The third-order valence-corrected chi connectivity index (χ3v) is 0.885. The predicted molar refractivity (Wildman–Crippen MR) is 45.8 cm³/mol. The number of carbonyl (C=O) groups is 2. The van der Waals surface area contributed by atoms with Gasteiger partial charge in [-0.25, -0.2) is 0 Å². The summed E-state index contributed by atoms with van der Waals surface area (Å²) in [5, 5.41) is 18.8. The minimum Gasteiger partial charge on any atom is -0.480 e. The molecule has 0 aliphatic rings. The van der Waals surface area contributed by atoms with E-state index in [4.69, 9.17) is 10.2 Å². The monoisotopic (exact) mass is 186 g/mol. The topological polar surface area (TPSA) is 99.0 Å². The first-order chi connectivity index (χ1) is 6.13. The summed E-state index contributed by atoms with van der Waals surface area (Å²) < 4.78 is 0. The summed E-state index contributed by atoms with van der Waals surface area (Å²) >= 11 is 0. The van der Waals surface area contributed by atoms with Crippen LogP contribution in [0.2, 0.25) is 0 Å². The van der Waals surface area contributed by atoms with Crippen molar-refractivity contribution in [3.63, 3.8) is 0 Å². The summed E-state index contributed by atoms with van der Waals surface area (Å²) in [7, 11) is 0.